The van der Waals surface area contributed by atoms with Crippen LogP contribution in [-0.4, -0.2) is 69.2 Å². The Kier molecular flexibility index (Phi) is 20.6. The third kappa shape index (κ3) is 22.6. The van der Waals surface area contributed by atoms with Crippen LogP contribution in [0.25, 0.3) is 0 Å². The molecule has 0 aliphatic heterocycles. The molecule has 0 aliphatic rings. The number of quaternary nitrogens is 1. The molecule has 0 amide bonds. The van der Waals surface area contributed by atoms with Gasteiger partial charge in [-0.05, 0) is 6.42 Å². The van der Waals surface area contributed by atoms with Gasteiger partial charge in [0, 0.05) is 11.0 Å². The van der Waals surface area contributed by atoms with E-state index in [4.69, 9.17) is 13.8 Å². The van der Waals surface area contributed by atoms with Gasteiger partial charge in [-0.3, -0.25) is 4.79 Å². The van der Waals surface area contributed by atoms with Crippen molar-refractivity contribution in [2.75, 3.05) is 47.5 Å². The van der Waals surface area contributed by atoms with Crippen LogP contribution in [0.15, 0.2) is 0 Å². The zero-order valence-electron chi connectivity index (χ0n) is 21.2. The highest BCUT2D eigenvalue weighted by atomic mass is 31.1. The number of ether oxygens (including phenoxy) is 1. The second-order valence-electron chi connectivity index (χ2n) is 9.65. The Balaban J connectivity index is 3.61. The predicted molar refractivity (Wildman–Crippen MR) is 130 cm³/mol. The molecule has 8 heteroatoms. The van der Waals surface area contributed by atoms with Gasteiger partial charge in [0.2, 0.25) is 0 Å². The van der Waals surface area contributed by atoms with Gasteiger partial charge in [-0.1, -0.05) is 84.0 Å². The molecule has 0 radical (unpaired) electrons. The van der Waals surface area contributed by atoms with E-state index in [0.717, 1.165) is 19.3 Å². The highest BCUT2D eigenvalue weighted by molar-refractivity contribution is 7.33. The molecule has 32 heavy (non-hydrogen) atoms. The Morgan fingerprint density at radius 2 is 1.34 bits per heavy atom. The number of carbonyl (C=O) groups is 1. The van der Waals surface area contributed by atoms with Gasteiger partial charge < -0.3 is 14.3 Å². The number of aliphatic hydroxyl groups excluding tert-OH is 1. The number of carbonyl (C=O) groups excluding carboxylic acids is 1. The summed E-state index contributed by atoms with van der Waals surface area (Å²) in [5.74, 6) is -0.350. The van der Waals surface area contributed by atoms with Crippen molar-refractivity contribution in [3.8, 4) is 0 Å². The Morgan fingerprint density at radius 1 is 0.844 bits per heavy atom. The maximum absolute atomic E-state index is 11.9. The highest BCUT2D eigenvalue weighted by Gasteiger charge is 2.26. The van der Waals surface area contributed by atoms with Crippen LogP contribution in [0, 0.1) is 0 Å². The lowest BCUT2D eigenvalue weighted by molar-refractivity contribution is -0.870. The molecule has 0 rings (SSSR count). The van der Waals surface area contributed by atoms with E-state index in [1.807, 2.05) is 21.1 Å². The summed E-state index contributed by atoms with van der Waals surface area (Å²) >= 11 is 0. The summed E-state index contributed by atoms with van der Waals surface area (Å²) < 4.78 is 27.8. The Morgan fingerprint density at radius 3 is 1.81 bits per heavy atom. The lowest BCUT2D eigenvalue weighted by Gasteiger charge is -2.21. The standard InChI is InChI=1S/C24H50NO6P/c1-5-6-7-8-9-10-11-12-13-14-15-16-17-18-24(27)31-23(21-26)22-30-32(28)29-20-19-25(2,3)4/h23,26H,5-22H2,1-4H3/q+2. The largest absolute Gasteiger partial charge is 0.697 e. The molecule has 0 aliphatic carbocycles. The molecular weight excluding hydrogens is 429 g/mol. The molecule has 0 bridgehead atoms. The van der Waals surface area contributed by atoms with Crippen molar-refractivity contribution < 1.29 is 32.7 Å². The van der Waals surface area contributed by atoms with E-state index in [1.165, 1.54) is 64.2 Å². The minimum atomic E-state index is -2.29. The molecule has 0 saturated heterocycles. The van der Waals surface area contributed by atoms with E-state index in [-0.39, 0.29) is 19.2 Å². The minimum absolute atomic E-state index is 0.138. The van der Waals surface area contributed by atoms with E-state index in [9.17, 15) is 14.5 Å². The van der Waals surface area contributed by atoms with Gasteiger partial charge in [0.15, 0.2) is 12.7 Å². The molecule has 0 aromatic heterocycles. The fourth-order valence-corrected chi connectivity index (χ4v) is 3.82. The van der Waals surface area contributed by atoms with Crippen LogP contribution in [-0.2, 0) is 23.1 Å². The molecule has 0 aromatic carbocycles. The zero-order valence-corrected chi connectivity index (χ0v) is 22.1. The number of aliphatic hydroxyl groups is 1. The molecule has 7 nitrogen and oxygen atoms in total. The summed E-state index contributed by atoms with van der Waals surface area (Å²) in [6.45, 7) is 2.75. The van der Waals surface area contributed by atoms with Gasteiger partial charge in [0.05, 0.1) is 27.7 Å². The lowest BCUT2D eigenvalue weighted by Crippen LogP contribution is -2.37. The van der Waals surface area contributed by atoms with Gasteiger partial charge in [-0.2, -0.15) is 0 Å². The van der Waals surface area contributed by atoms with Crippen molar-refractivity contribution in [2.24, 2.45) is 0 Å². The Labute approximate surface area is 197 Å². The Hall–Kier alpha value is -0.590. The highest BCUT2D eigenvalue weighted by Crippen LogP contribution is 2.24. The monoisotopic (exact) mass is 479 g/mol. The molecule has 0 fully saturated rings. The molecule has 2 unspecified atom stereocenters. The van der Waals surface area contributed by atoms with E-state index >= 15 is 0 Å². The lowest BCUT2D eigenvalue weighted by atomic mass is 10.0. The average molecular weight is 480 g/mol. The predicted octanol–water partition coefficient (Wildman–Crippen LogP) is 5.77. The van der Waals surface area contributed by atoms with Gasteiger partial charge in [0.25, 0.3) is 0 Å². The van der Waals surface area contributed by atoms with Crippen LogP contribution in [0.1, 0.15) is 96.8 Å². The number of unbranched alkanes of at least 4 members (excludes halogenated alkanes) is 12. The third-order valence-corrected chi connectivity index (χ3v) is 6.06. The molecule has 0 heterocycles. The summed E-state index contributed by atoms with van der Waals surface area (Å²) in [4.78, 5) is 11.9. The smallest absolute Gasteiger partial charge is 0.457 e. The molecule has 0 aromatic rings. The summed E-state index contributed by atoms with van der Waals surface area (Å²) in [5.41, 5.74) is 0. The molecule has 190 valence electrons. The SMILES string of the molecule is CCCCCCCCCCCCCCCC(=O)OC(CO)CO[P+](=O)OCC[N+](C)(C)C. The van der Waals surface area contributed by atoms with E-state index in [1.54, 1.807) is 0 Å². The maximum Gasteiger partial charge on any atom is 0.697 e. The molecule has 1 N–H and O–H groups in total. The summed E-state index contributed by atoms with van der Waals surface area (Å²) in [6, 6.07) is 0. The number of hydrogen-bond donors (Lipinski definition) is 1. The third-order valence-electron chi connectivity index (χ3n) is 5.31. The summed E-state index contributed by atoms with van der Waals surface area (Å²) in [6.07, 6.45) is 15.8. The fourth-order valence-electron chi connectivity index (χ4n) is 3.23. The Bertz CT molecular complexity index is 470. The van der Waals surface area contributed by atoms with Crippen molar-refractivity contribution in [1.82, 2.24) is 0 Å². The second kappa shape index (κ2) is 21.0. The number of nitrogens with zero attached hydrogens (tertiary/aromatic N) is 1. The van der Waals surface area contributed by atoms with Crippen LogP contribution in [0.3, 0.4) is 0 Å². The van der Waals surface area contributed by atoms with E-state index in [0.29, 0.717) is 24.1 Å². The molecule has 0 saturated carbocycles. The van der Waals surface area contributed by atoms with Crippen LogP contribution in [0.4, 0.5) is 0 Å². The quantitative estimate of drug-likeness (QED) is 0.0867. The van der Waals surface area contributed by atoms with Crippen molar-refractivity contribution in [3.05, 3.63) is 0 Å². The van der Waals surface area contributed by atoms with Gasteiger partial charge in [-0.25, -0.2) is 0 Å². The topological polar surface area (TPSA) is 82.1 Å². The number of rotatable bonds is 23. The first-order valence-electron chi connectivity index (χ1n) is 12.6. The summed E-state index contributed by atoms with van der Waals surface area (Å²) in [7, 11) is 3.74. The van der Waals surface area contributed by atoms with Crippen LogP contribution >= 0.6 is 8.25 Å². The minimum Gasteiger partial charge on any atom is -0.457 e. The second-order valence-corrected chi connectivity index (χ2v) is 10.6. The summed E-state index contributed by atoms with van der Waals surface area (Å²) in [5, 5.41) is 9.36. The van der Waals surface area contributed by atoms with E-state index < -0.39 is 14.4 Å². The first kappa shape index (κ1) is 31.4. The molecule has 2 atom stereocenters. The van der Waals surface area contributed by atoms with Crippen LogP contribution in [0.2, 0.25) is 0 Å². The first-order chi connectivity index (χ1) is 15.3. The fraction of sp³-hybridized carbons (Fsp3) is 0.958. The normalized spacial score (nSPS) is 13.2. The maximum atomic E-state index is 11.9. The number of likely N-dealkylation sites (N-methyl/N-ethyl adjacent to an activating group) is 1. The van der Waals surface area contributed by atoms with E-state index in [2.05, 4.69) is 6.92 Å². The zero-order chi connectivity index (χ0) is 24.1. The van der Waals surface area contributed by atoms with Crippen LogP contribution in [0.5, 0.6) is 0 Å². The van der Waals surface area contributed by atoms with Crippen LogP contribution < -0.4 is 0 Å². The van der Waals surface area contributed by atoms with Gasteiger partial charge >= 0.3 is 14.2 Å². The molecular formula is C24H50NO6P+2. The first-order valence-corrected chi connectivity index (χ1v) is 13.7. The number of hydrogen-bond acceptors (Lipinski definition) is 6. The average Bonchev–Trinajstić information content (AvgIpc) is 2.73. The number of esters is 1. The van der Waals surface area contributed by atoms with Crippen molar-refractivity contribution in [2.45, 2.75) is 103 Å². The van der Waals surface area contributed by atoms with Crippen molar-refractivity contribution >= 4 is 14.2 Å². The molecule has 0 spiro atoms. The van der Waals surface area contributed by atoms with Crippen molar-refractivity contribution in [3.63, 3.8) is 0 Å². The van der Waals surface area contributed by atoms with Crippen molar-refractivity contribution in [1.29, 1.82) is 0 Å². The van der Waals surface area contributed by atoms with Gasteiger partial charge in [-0.15, -0.1) is 9.05 Å². The van der Waals surface area contributed by atoms with Gasteiger partial charge in [0.1, 0.15) is 13.2 Å².